The van der Waals surface area contributed by atoms with Gasteiger partial charge >= 0.3 is 6.03 Å². The lowest BCUT2D eigenvalue weighted by molar-refractivity contribution is 0.0879. The van der Waals surface area contributed by atoms with Gasteiger partial charge in [-0.3, -0.25) is 13.7 Å². The van der Waals surface area contributed by atoms with Gasteiger partial charge in [-0.15, -0.1) is 11.3 Å². The van der Waals surface area contributed by atoms with E-state index >= 15 is 0 Å². The molecule has 1 aliphatic rings. The molecular weight excluding hydrogens is 382 g/mol. The van der Waals surface area contributed by atoms with Crippen molar-refractivity contribution in [1.82, 2.24) is 14.5 Å². The fourth-order valence-corrected chi connectivity index (χ4v) is 4.95. The average molecular weight is 410 g/mol. The Hall–Kier alpha value is -1.71. The van der Waals surface area contributed by atoms with Gasteiger partial charge in [0, 0.05) is 37.4 Å². The number of thiophene rings is 1. The molecule has 3 rings (SSSR count). The standard InChI is InChI=1S/C18H27N5O2S2/c1-4-13-12-26-16(5-2)17(13)20-18(24)21-27-23(14-6-8-25-9-7-14)15-10-19-22(3)11-15/h10-12,14H,4-9H2,1-3H3,(H2,20,21,24). The van der Waals surface area contributed by atoms with Crippen LogP contribution in [0.2, 0.25) is 0 Å². The number of aromatic nitrogens is 2. The molecule has 0 bridgehead atoms. The van der Waals surface area contributed by atoms with Crippen molar-refractivity contribution in [3.05, 3.63) is 28.2 Å². The van der Waals surface area contributed by atoms with Crippen LogP contribution in [0.3, 0.4) is 0 Å². The molecule has 0 aliphatic carbocycles. The van der Waals surface area contributed by atoms with Crippen LogP contribution in [-0.2, 0) is 24.6 Å². The third-order valence-corrected chi connectivity index (χ3v) is 6.75. The predicted molar refractivity (Wildman–Crippen MR) is 112 cm³/mol. The number of anilines is 2. The van der Waals surface area contributed by atoms with E-state index in [1.165, 1.54) is 22.6 Å². The third kappa shape index (κ3) is 4.97. The van der Waals surface area contributed by atoms with E-state index < -0.39 is 0 Å². The molecule has 0 saturated carbocycles. The number of nitrogens with zero attached hydrogens (tertiary/aromatic N) is 3. The predicted octanol–water partition coefficient (Wildman–Crippen LogP) is 3.98. The van der Waals surface area contributed by atoms with Crippen LogP contribution in [0, 0.1) is 0 Å². The van der Waals surface area contributed by atoms with E-state index in [0.29, 0.717) is 6.04 Å². The van der Waals surface area contributed by atoms with Crippen LogP contribution in [0.4, 0.5) is 16.2 Å². The molecule has 0 radical (unpaired) electrons. The number of aryl methyl sites for hydroxylation is 3. The van der Waals surface area contributed by atoms with E-state index in [1.807, 2.05) is 19.4 Å². The van der Waals surface area contributed by atoms with Crippen LogP contribution >= 0.6 is 23.5 Å². The Balaban J connectivity index is 1.66. The highest BCUT2D eigenvalue weighted by atomic mass is 32.2. The lowest BCUT2D eigenvalue weighted by Gasteiger charge is -2.33. The summed E-state index contributed by atoms with van der Waals surface area (Å²) in [5.74, 6) is 0. The van der Waals surface area contributed by atoms with E-state index in [0.717, 1.165) is 50.3 Å². The van der Waals surface area contributed by atoms with Crippen molar-refractivity contribution in [2.75, 3.05) is 22.8 Å². The number of rotatable bonds is 7. The second-order valence-corrected chi connectivity index (χ2v) is 8.20. The number of ether oxygens (including phenoxy) is 1. The second kappa shape index (κ2) is 9.48. The van der Waals surface area contributed by atoms with E-state index in [1.54, 1.807) is 16.0 Å². The summed E-state index contributed by atoms with van der Waals surface area (Å²) >= 11 is 3.02. The first-order valence-corrected chi connectivity index (χ1v) is 11.0. The third-order valence-electron chi connectivity index (χ3n) is 4.59. The number of hydrogen-bond acceptors (Lipinski definition) is 6. The molecule has 9 heteroatoms. The number of carbonyl (C=O) groups excluding carboxylic acids is 1. The van der Waals surface area contributed by atoms with Crippen LogP contribution in [0.5, 0.6) is 0 Å². The van der Waals surface area contributed by atoms with Crippen molar-refractivity contribution < 1.29 is 9.53 Å². The molecule has 2 aromatic heterocycles. The van der Waals surface area contributed by atoms with Gasteiger partial charge in [-0.2, -0.15) is 5.10 Å². The Morgan fingerprint density at radius 3 is 2.81 bits per heavy atom. The summed E-state index contributed by atoms with van der Waals surface area (Å²) in [6.45, 7) is 5.69. The zero-order valence-corrected chi connectivity index (χ0v) is 17.7. The summed E-state index contributed by atoms with van der Waals surface area (Å²) < 4.78 is 12.3. The molecule has 0 aromatic carbocycles. The molecule has 2 amide bonds. The Labute approximate surface area is 168 Å². The second-order valence-electron chi connectivity index (χ2n) is 6.46. The fraction of sp³-hybridized carbons (Fsp3) is 0.556. The molecule has 1 aliphatic heterocycles. The monoisotopic (exact) mass is 409 g/mol. The van der Waals surface area contributed by atoms with Crippen molar-refractivity contribution in [3.63, 3.8) is 0 Å². The smallest absolute Gasteiger partial charge is 0.330 e. The molecule has 7 nitrogen and oxygen atoms in total. The van der Waals surface area contributed by atoms with Gasteiger partial charge in [0.2, 0.25) is 0 Å². The van der Waals surface area contributed by atoms with Crippen molar-refractivity contribution in [1.29, 1.82) is 0 Å². The Bertz CT molecular complexity index is 733. The Morgan fingerprint density at radius 2 is 2.19 bits per heavy atom. The fourth-order valence-electron chi connectivity index (χ4n) is 3.12. The normalized spacial score (nSPS) is 14.9. The summed E-state index contributed by atoms with van der Waals surface area (Å²) in [5.41, 5.74) is 3.13. The summed E-state index contributed by atoms with van der Waals surface area (Å²) in [5, 5.41) is 9.44. The van der Waals surface area contributed by atoms with Gasteiger partial charge in [-0.1, -0.05) is 13.8 Å². The van der Waals surface area contributed by atoms with Gasteiger partial charge in [0.25, 0.3) is 0 Å². The van der Waals surface area contributed by atoms with Crippen LogP contribution < -0.4 is 14.3 Å². The molecule has 0 atom stereocenters. The minimum atomic E-state index is -0.205. The molecule has 3 heterocycles. The topological polar surface area (TPSA) is 71.4 Å². The first kappa shape index (κ1) is 20.0. The largest absolute Gasteiger partial charge is 0.381 e. The molecule has 27 heavy (non-hydrogen) atoms. The summed E-state index contributed by atoms with van der Waals surface area (Å²) in [6.07, 6.45) is 7.46. The Kier molecular flexibility index (Phi) is 7.03. The summed E-state index contributed by atoms with van der Waals surface area (Å²) in [4.78, 5) is 13.8. The van der Waals surface area contributed by atoms with Crippen molar-refractivity contribution >= 4 is 40.9 Å². The highest BCUT2D eigenvalue weighted by molar-refractivity contribution is 7.99. The zero-order valence-electron chi connectivity index (χ0n) is 16.0. The minimum absolute atomic E-state index is 0.205. The van der Waals surface area contributed by atoms with E-state index in [9.17, 15) is 4.79 Å². The molecule has 1 saturated heterocycles. The van der Waals surface area contributed by atoms with Gasteiger partial charge in [0.15, 0.2) is 0 Å². The van der Waals surface area contributed by atoms with Gasteiger partial charge < -0.3 is 10.1 Å². The van der Waals surface area contributed by atoms with E-state index in [4.69, 9.17) is 4.74 Å². The molecular formula is C18H27N5O2S2. The highest BCUT2D eigenvalue weighted by Crippen LogP contribution is 2.30. The average Bonchev–Trinajstić information content (AvgIpc) is 3.28. The van der Waals surface area contributed by atoms with Gasteiger partial charge in [-0.05, 0) is 36.6 Å². The summed E-state index contributed by atoms with van der Waals surface area (Å²) in [7, 11) is 1.89. The molecule has 2 aromatic rings. The Morgan fingerprint density at radius 1 is 1.41 bits per heavy atom. The maximum Gasteiger partial charge on any atom is 0.330 e. The molecule has 2 N–H and O–H groups in total. The maximum absolute atomic E-state index is 12.6. The molecule has 0 unspecified atom stereocenters. The number of amides is 2. The van der Waals surface area contributed by atoms with Crippen LogP contribution in [0.1, 0.15) is 37.1 Å². The number of nitrogens with one attached hydrogen (secondary N) is 2. The molecule has 148 valence electrons. The lowest BCUT2D eigenvalue weighted by atomic mass is 10.1. The first-order chi connectivity index (χ1) is 13.1. The zero-order chi connectivity index (χ0) is 19.2. The van der Waals surface area contributed by atoms with Crippen molar-refractivity contribution in [3.8, 4) is 0 Å². The molecule has 1 fully saturated rings. The van der Waals surface area contributed by atoms with Crippen molar-refractivity contribution in [2.45, 2.75) is 45.6 Å². The van der Waals surface area contributed by atoms with Crippen LogP contribution in [-0.4, -0.2) is 35.1 Å². The van der Waals surface area contributed by atoms with Crippen LogP contribution in [0.15, 0.2) is 17.8 Å². The van der Waals surface area contributed by atoms with E-state index in [-0.39, 0.29) is 6.03 Å². The highest BCUT2D eigenvalue weighted by Gasteiger charge is 2.25. The first-order valence-electron chi connectivity index (χ1n) is 9.31. The van der Waals surface area contributed by atoms with Gasteiger partial charge in [-0.25, -0.2) is 4.79 Å². The van der Waals surface area contributed by atoms with Crippen LogP contribution in [0.25, 0.3) is 0 Å². The minimum Gasteiger partial charge on any atom is -0.381 e. The number of carbonyl (C=O) groups is 1. The van der Waals surface area contributed by atoms with E-state index in [2.05, 4.69) is 38.7 Å². The molecule has 0 spiro atoms. The van der Waals surface area contributed by atoms with Gasteiger partial charge in [0.1, 0.15) is 0 Å². The van der Waals surface area contributed by atoms with Crippen molar-refractivity contribution in [2.24, 2.45) is 7.05 Å². The number of hydrogen-bond donors (Lipinski definition) is 2. The van der Waals surface area contributed by atoms with Gasteiger partial charge in [0.05, 0.1) is 29.7 Å². The SMILES string of the molecule is CCc1csc(CC)c1NC(=O)NSN(c1cnn(C)c1)C1CCOCC1. The summed E-state index contributed by atoms with van der Waals surface area (Å²) in [6, 6.07) is 0.0931. The quantitative estimate of drug-likeness (QED) is 0.677. The maximum atomic E-state index is 12.6. The lowest BCUT2D eigenvalue weighted by Crippen LogP contribution is -2.38. The number of urea groups is 1.